The fourth-order valence-corrected chi connectivity index (χ4v) is 2.85. The van der Waals surface area contributed by atoms with E-state index in [-0.39, 0.29) is 11.9 Å². The molecule has 1 amide bonds. The van der Waals surface area contributed by atoms with E-state index in [0.29, 0.717) is 23.7 Å². The van der Waals surface area contributed by atoms with Gasteiger partial charge in [0.25, 0.3) is 0 Å². The predicted molar refractivity (Wildman–Crippen MR) is 87.5 cm³/mol. The Morgan fingerprint density at radius 3 is 2.65 bits per heavy atom. The van der Waals surface area contributed by atoms with Crippen LogP contribution in [0.3, 0.4) is 0 Å². The number of hydrogen-bond acceptors (Lipinski definition) is 5. The van der Waals surface area contributed by atoms with Crippen molar-refractivity contribution in [3.8, 4) is 0 Å². The minimum Gasteiger partial charge on any atom is -0.465 e. The van der Waals surface area contributed by atoms with Gasteiger partial charge in [-0.25, -0.2) is 4.79 Å². The van der Waals surface area contributed by atoms with E-state index >= 15 is 0 Å². The van der Waals surface area contributed by atoms with E-state index in [4.69, 9.17) is 4.74 Å². The molecule has 1 aliphatic rings. The van der Waals surface area contributed by atoms with E-state index in [1.165, 1.54) is 7.11 Å². The molecule has 1 atom stereocenters. The van der Waals surface area contributed by atoms with Gasteiger partial charge in [0, 0.05) is 31.8 Å². The normalized spacial score (nSPS) is 17.9. The van der Waals surface area contributed by atoms with E-state index in [9.17, 15) is 9.59 Å². The first-order valence-corrected chi connectivity index (χ1v) is 7.85. The number of nitrogens with zero attached hydrogens (tertiary/aromatic N) is 1. The lowest BCUT2D eigenvalue weighted by molar-refractivity contribution is -0.116. The summed E-state index contributed by atoms with van der Waals surface area (Å²) in [6.45, 7) is 2.48. The summed E-state index contributed by atoms with van der Waals surface area (Å²) in [6, 6.07) is 7.10. The second kappa shape index (κ2) is 8.64. The molecule has 1 aliphatic heterocycles. The van der Waals surface area contributed by atoms with Gasteiger partial charge in [-0.15, -0.1) is 0 Å². The van der Waals surface area contributed by atoms with Crippen LogP contribution in [0.25, 0.3) is 0 Å². The number of carbonyl (C=O) groups excluding carboxylic acids is 2. The first-order chi connectivity index (χ1) is 11.1. The number of likely N-dealkylation sites (tertiary alicyclic amines) is 1. The van der Waals surface area contributed by atoms with Crippen molar-refractivity contribution in [2.75, 3.05) is 39.2 Å². The van der Waals surface area contributed by atoms with Gasteiger partial charge >= 0.3 is 5.97 Å². The number of anilines is 1. The smallest absolute Gasteiger partial charge is 0.337 e. The summed E-state index contributed by atoms with van der Waals surface area (Å²) in [6.07, 6.45) is 2.73. The third kappa shape index (κ3) is 5.04. The Morgan fingerprint density at radius 1 is 1.26 bits per heavy atom. The summed E-state index contributed by atoms with van der Waals surface area (Å²) in [5.74, 6) is -0.417. The van der Waals surface area contributed by atoms with Crippen molar-refractivity contribution in [3.05, 3.63) is 29.8 Å². The molecule has 2 rings (SSSR count). The highest BCUT2D eigenvalue weighted by atomic mass is 16.5. The lowest BCUT2D eigenvalue weighted by Gasteiger charge is -2.23. The summed E-state index contributed by atoms with van der Waals surface area (Å²) in [4.78, 5) is 25.7. The van der Waals surface area contributed by atoms with Gasteiger partial charge in [0.1, 0.15) is 0 Å². The average Bonchev–Trinajstić information content (AvgIpc) is 3.00. The van der Waals surface area contributed by atoms with Crippen LogP contribution in [0.4, 0.5) is 5.69 Å². The van der Waals surface area contributed by atoms with E-state index in [2.05, 4.69) is 15.0 Å². The third-order valence-corrected chi connectivity index (χ3v) is 4.07. The molecular weight excluding hydrogens is 296 g/mol. The fraction of sp³-hybridized carbons (Fsp3) is 0.529. The summed E-state index contributed by atoms with van der Waals surface area (Å²) in [5.41, 5.74) is 1.14. The molecule has 0 aromatic heterocycles. The maximum absolute atomic E-state index is 12.0. The Labute approximate surface area is 136 Å². The Bertz CT molecular complexity index is 530. The van der Waals surface area contributed by atoms with Gasteiger partial charge in [0.2, 0.25) is 5.91 Å². The van der Waals surface area contributed by atoms with Crippen LogP contribution in [0.2, 0.25) is 0 Å². The van der Waals surface area contributed by atoms with Gasteiger partial charge in [0.15, 0.2) is 0 Å². The van der Waals surface area contributed by atoms with Crippen molar-refractivity contribution in [2.45, 2.75) is 25.3 Å². The minimum atomic E-state index is -0.388. The molecule has 1 heterocycles. The molecule has 0 aliphatic carbocycles. The first-order valence-electron chi connectivity index (χ1n) is 7.85. The zero-order valence-electron chi connectivity index (χ0n) is 13.7. The molecule has 0 saturated carbocycles. The molecule has 1 saturated heterocycles. The molecule has 0 radical (unpaired) electrons. The minimum absolute atomic E-state index is 0.0288. The predicted octanol–water partition coefficient (Wildman–Crippen LogP) is 1.91. The standard InChI is InChI=1S/C17H24N2O4/c1-22-12-15-4-3-10-19(15)11-9-16(20)18-14-7-5-13(6-8-14)17(21)23-2/h5-8,15H,3-4,9-12H2,1-2H3,(H,18,20)/t15-/m0/s1. The van der Waals surface area contributed by atoms with Crippen molar-refractivity contribution >= 4 is 17.6 Å². The number of amides is 1. The van der Waals surface area contributed by atoms with Crippen molar-refractivity contribution in [3.63, 3.8) is 0 Å². The maximum atomic E-state index is 12.0. The highest BCUT2D eigenvalue weighted by molar-refractivity contribution is 5.93. The quantitative estimate of drug-likeness (QED) is 0.777. The van der Waals surface area contributed by atoms with Gasteiger partial charge in [-0.1, -0.05) is 0 Å². The van der Waals surface area contributed by atoms with Crippen molar-refractivity contribution in [1.82, 2.24) is 4.90 Å². The molecule has 0 unspecified atom stereocenters. The lowest BCUT2D eigenvalue weighted by atomic mass is 10.2. The van der Waals surface area contributed by atoms with Gasteiger partial charge in [0.05, 0.1) is 19.3 Å². The van der Waals surface area contributed by atoms with Gasteiger partial charge in [-0.3, -0.25) is 9.69 Å². The third-order valence-electron chi connectivity index (χ3n) is 4.07. The summed E-state index contributed by atoms with van der Waals surface area (Å²) in [7, 11) is 3.05. The van der Waals surface area contributed by atoms with E-state index < -0.39 is 0 Å². The second-order valence-electron chi connectivity index (χ2n) is 5.65. The van der Waals surface area contributed by atoms with E-state index in [0.717, 1.165) is 32.5 Å². The van der Waals surface area contributed by atoms with Crippen LogP contribution in [0.15, 0.2) is 24.3 Å². The Hall–Kier alpha value is -1.92. The van der Waals surface area contributed by atoms with Crippen molar-refractivity contribution in [2.24, 2.45) is 0 Å². The summed E-state index contributed by atoms with van der Waals surface area (Å²) in [5, 5.41) is 2.85. The SMILES string of the molecule is COC[C@@H]1CCCN1CCC(=O)Nc1ccc(C(=O)OC)cc1. The molecule has 126 valence electrons. The molecule has 1 aromatic carbocycles. The maximum Gasteiger partial charge on any atom is 0.337 e. The molecule has 6 nitrogen and oxygen atoms in total. The molecule has 1 N–H and O–H groups in total. The lowest BCUT2D eigenvalue weighted by Crippen LogP contribution is -2.35. The Kier molecular flexibility index (Phi) is 6.55. The molecular formula is C17H24N2O4. The topological polar surface area (TPSA) is 67.9 Å². The zero-order chi connectivity index (χ0) is 16.7. The van der Waals surface area contributed by atoms with Crippen molar-refractivity contribution < 1.29 is 19.1 Å². The summed E-state index contributed by atoms with van der Waals surface area (Å²) >= 11 is 0. The van der Waals surface area contributed by atoms with Crippen LogP contribution in [0.1, 0.15) is 29.6 Å². The van der Waals surface area contributed by atoms with Crippen LogP contribution >= 0.6 is 0 Å². The number of methoxy groups -OCH3 is 2. The highest BCUT2D eigenvalue weighted by Crippen LogP contribution is 2.18. The van der Waals surface area contributed by atoms with Crippen LogP contribution in [0.5, 0.6) is 0 Å². The average molecular weight is 320 g/mol. The van der Waals surface area contributed by atoms with E-state index in [1.807, 2.05) is 0 Å². The number of rotatable bonds is 7. The second-order valence-corrected chi connectivity index (χ2v) is 5.65. The number of carbonyl (C=O) groups is 2. The molecule has 0 bridgehead atoms. The number of nitrogens with one attached hydrogen (secondary N) is 1. The molecule has 6 heteroatoms. The molecule has 1 aromatic rings. The van der Waals surface area contributed by atoms with Crippen LogP contribution in [-0.4, -0.2) is 56.7 Å². The first kappa shape index (κ1) is 17.4. The van der Waals surface area contributed by atoms with E-state index in [1.54, 1.807) is 31.4 Å². The number of benzene rings is 1. The fourth-order valence-electron chi connectivity index (χ4n) is 2.85. The van der Waals surface area contributed by atoms with Gasteiger partial charge < -0.3 is 14.8 Å². The van der Waals surface area contributed by atoms with Gasteiger partial charge in [-0.05, 0) is 43.7 Å². The van der Waals surface area contributed by atoms with Gasteiger partial charge in [-0.2, -0.15) is 0 Å². The highest BCUT2D eigenvalue weighted by Gasteiger charge is 2.24. The van der Waals surface area contributed by atoms with Crippen LogP contribution in [-0.2, 0) is 14.3 Å². The molecule has 0 spiro atoms. The Balaban J connectivity index is 1.79. The van der Waals surface area contributed by atoms with Crippen LogP contribution in [0, 0.1) is 0 Å². The largest absolute Gasteiger partial charge is 0.465 e. The monoisotopic (exact) mass is 320 g/mol. The number of esters is 1. The number of hydrogen-bond donors (Lipinski definition) is 1. The molecule has 1 fully saturated rings. The Morgan fingerprint density at radius 2 is 2.00 bits per heavy atom. The summed E-state index contributed by atoms with van der Waals surface area (Å²) < 4.78 is 9.86. The van der Waals surface area contributed by atoms with Crippen molar-refractivity contribution in [1.29, 1.82) is 0 Å². The van der Waals surface area contributed by atoms with Crippen LogP contribution < -0.4 is 5.32 Å². The number of ether oxygens (including phenoxy) is 2. The zero-order valence-corrected chi connectivity index (χ0v) is 13.7. The molecule has 23 heavy (non-hydrogen) atoms.